The van der Waals surface area contributed by atoms with E-state index in [0.717, 1.165) is 33.4 Å². The fourth-order valence-corrected chi connectivity index (χ4v) is 2.81. The Hall–Kier alpha value is -1.72. The number of benzene rings is 1. The predicted octanol–water partition coefficient (Wildman–Crippen LogP) is 3.91. The molecule has 4 nitrogen and oxygen atoms in total. The molecule has 0 atom stereocenters. The summed E-state index contributed by atoms with van der Waals surface area (Å²) >= 11 is 7.46. The summed E-state index contributed by atoms with van der Waals surface area (Å²) in [6.45, 7) is 0. The van der Waals surface area contributed by atoms with Gasteiger partial charge in [-0.3, -0.25) is 0 Å². The van der Waals surface area contributed by atoms with Gasteiger partial charge >= 0.3 is 0 Å². The van der Waals surface area contributed by atoms with Crippen LogP contribution in [-0.4, -0.2) is 22.1 Å². The Bertz CT molecular complexity index is 744. The third-order valence-corrected chi connectivity index (χ3v) is 3.91. The van der Waals surface area contributed by atoms with E-state index in [1.165, 1.54) is 0 Å². The van der Waals surface area contributed by atoms with Crippen molar-refractivity contribution in [3.63, 3.8) is 0 Å². The van der Waals surface area contributed by atoms with Gasteiger partial charge in [-0.25, -0.2) is 9.97 Å². The molecule has 0 aliphatic heterocycles. The van der Waals surface area contributed by atoms with Crippen LogP contribution in [0, 0.1) is 0 Å². The summed E-state index contributed by atoms with van der Waals surface area (Å²) < 4.78 is 5.19. The number of hydrogen-bond acceptors (Lipinski definition) is 4. The van der Waals surface area contributed by atoms with Gasteiger partial charge in [-0.05, 0) is 24.3 Å². The number of methoxy groups -OCH3 is 1. The molecule has 20 heavy (non-hydrogen) atoms. The zero-order valence-corrected chi connectivity index (χ0v) is 12.3. The Labute approximate surface area is 125 Å². The van der Waals surface area contributed by atoms with E-state index in [4.69, 9.17) is 16.3 Å². The standard InChI is InChI=1S/C14H12ClN3OS/c1-19-10-5-6-11-12(7-10)18-14(17-11)20-8-9-3-2-4-13(15)16-9/h2-7H,8H2,1H3,(H,17,18). The van der Waals surface area contributed by atoms with E-state index in [2.05, 4.69) is 15.0 Å². The maximum atomic E-state index is 5.87. The first-order valence-corrected chi connectivity index (χ1v) is 7.39. The maximum absolute atomic E-state index is 5.87. The molecular formula is C14H12ClN3OS. The summed E-state index contributed by atoms with van der Waals surface area (Å²) in [6.07, 6.45) is 0. The van der Waals surface area contributed by atoms with Crippen LogP contribution in [0.5, 0.6) is 5.75 Å². The summed E-state index contributed by atoms with van der Waals surface area (Å²) in [5.74, 6) is 1.53. The second-order valence-electron chi connectivity index (χ2n) is 4.17. The molecule has 0 saturated heterocycles. The third-order valence-electron chi connectivity index (χ3n) is 2.80. The first-order chi connectivity index (χ1) is 9.74. The average Bonchev–Trinajstić information content (AvgIpc) is 2.87. The fourth-order valence-electron chi connectivity index (χ4n) is 1.83. The number of nitrogens with zero attached hydrogens (tertiary/aromatic N) is 2. The van der Waals surface area contributed by atoms with Gasteiger partial charge in [0.05, 0.1) is 23.8 Å². The van der Waals surface area contributed by atoms with Gasteiger partial charge in [-0.1, -0.05) is 29.4 Å². The quantitative estimate of drug-likeness (QED) is 0.586. The van der Waals surface area contributed by atoms with Crippen molar-refractivity contribution in [2.45, 2.75) is 10.9 Å². The minimum absolute atomic E-state index is 0.512. The summed E-state index contributed by atoms with van der Waals surface area (Å²) in [5.41, 5.74) is 2.82. The molecule has 0 fully saturated rings. The largest absolute Gasteiger partial charge is 0.497 e. The maximum Gasteiger partial charge on any atom is 0.166 e. The Morgan fingerprint density at radius 1 is 1.25 bits per heavy atom. The van der Waals surface area contributed by atoms with Crippen LogP contribution in [-0.2, 0) is 5.75 Å². The van der Waals surface area contributed by atoms with Crippen LogP contribution in [0.3, 0.4) is 0 Å². The lowest BCUT2D eigenvalue weighted by atomic mass is 10.3. The minimum Gasteiger partial charge on any atom is -0.497 e. The Morgan fingerprint density at radius 2 is 2.15 bits per heavy atom. The lowest BCUT2D eigenvalue weighted by molar-refractivity contribution is 0.415. The van der Waals surface area contributed by atoms with Crippen LogP contribution < -0.4 is 4.74 Å². The predicted molar refractivity (Wildman–Crippen MR) is 81.5 cm³/mol. The smallest absolute Gasteiger partial charge is 0.166 e. The summed E-state index contributed by atoms with van der Waals surface area (Å²) in [4.78, 5) is 12.0. The van der Waals surface area contributed by atoms with Gasteiger partial charge in [-0.15, -0.1) is 0 Å². The molecule has 3 rings (SSSR count). The SMILES string of the molecule is COc1ccc2nc(SCc3cccc(Cl)n3)[nH]c2c1. The Kier molecular flexibility index (Phi) is 3.80. The summed E-state index contributed by atoms with van der Waals surface area (Å²) in [7, 11) is 1.65. The number of aromatic nitrogens is 3. The van der Waals surface area contributed by atoms with Gasteiger partial charge in [0.15, 0.2) is 5.16 Å². The number of ether oxygens (including phenoxy) is 1. The zero-order chi connectivity index (χ0) is 13.9. The van der Waals surface area contributed by atoms with Crippen molar-refractivity contribution in [1.29, 1.82) is 0 Å². The molecule has 0 unspecified atom stereocenters. The van der Waals surface area contributed by atoms with Crippen molar-refractivity contribution in [2.24, 2.45) is 0 Å². The van der Waals surface area contributed by atoms with E-state index in [1.54, 1.807) is 24.9 Å². The molecule has 0 saturated carbocycles. The van der Waals surface area contributed by atoms with Crippen LogP contribution in [0.4, 0.5) is 0 Å². The van der Waals surface area contributed by atoms with E-state index in [9.17, 15) is 0 Å². The molecule has 1 aromatic carbocycles. The molecule has 6 heteroatoms. The van der Waals surface area contributed by atoms with Crippen LogP contribution in [0.15, 0.2) is 41.6 Å². The highest BCUT2D eigenvalue weighted by atomic mass is 35.5. The van der Waals surface area contributed by atoms with Gasteiger partial charge in [0.25, 0.3) is 0 Å². The highest BCUT2D eigenvalue weighted by Gasteiger charge is 2.05. The lowest BCUT2D eigenvalue weighted by Gasteiger charge is -1.98. The van der Waals surface area contributed by atoms with E-state index in [-0.39, 0.29) is 0 Å². The van der Waals surface area contributed by atoms with E-state index in [0.29, 0.717) is 5.15 Å². The van der Waals surface area contributed by atoms with Crippen molar-refractivity contribution in [3.8, 4) is 5.75 Å². The molecule has 0 aliphatic rings. The normalized spacial score (nSPS) is 10.9. The Balaban J connectivity index is 1.77. The average molecular weight is 306 g/mol. The summed E-state index contributed by atoms with van der Waals surface area (Å²) in [5, 5.41) is 1.37. The molecule has 3 aromatic rings. The molecule has 1 N–H and O–H groups in total. The fraction of sp³-hybridized carbons (Fsp3) is 0.143. The first kappa shape index (κ1) is 13.3. The van der Waals surface area contributed by atoms with Crippen molar-refractivity contribution in [3.05, 3.63) is 47.2 Å². The van der Waals surface area contributed by atoms with Gasteiger partial charge in [-0.2, -0.15) is 0 Å². The van der Waals surface area contributed by atoms with Crippen molar-refractivity contribution < 1.29 is 4.74 Å². The molecule has 0 amide bonds. The number of hydrogen-bond donors (Lipinski definition) is 1. The minimum atomic E-state index is 0.512. The van der Waals surface area contributed by atoms with Gasteiger partial charge in [0.1, 0.15) is 10.9 Å². The van der Waals surface area contributed by atoms with Gasteiger partial charge < -0.3 is 9.72 Å². The van der Waals surface area contributed by atoms with Crippen molar-refractivity contribution in [1.82, 2.24) is 15.0 Å². The molecule has 102 valence electrons. The van der Waals surface area contributed by atoms with Crippen molar-refractivity contribution in [2.75, 3.05) is 7.11 Å². The first-order valence-electron chi connectivity index (χ1n) is 6.02. The molecule has 0 spiro atoms. The van der Waals surface area contributed by atoms with Gasteiger partial charge in [0.2, 0.25) is 0 Å². The zero-order valence-electron chi connectivity index (χ0n) is 10.8. The molecule has 0 bridgehead atoms. The molecular weight excluding hydrogens is 294 g/mol. The van der Waals surface area contributed by atoms with Gasteiger partial charge in [0, 0.05) is 11.8 Å². The highest BCUT2D eigenvalue weighted by molar-refractivity contribution is 7.98. The molecule has 0 radical (unpaired) electrons. The van der Waals surface area contributed by atoms with Crippen LogP contribution in [0.25, 0.3) is 11.0 Å². The number of rotatable bonds is 4. The monoisotopic (exact) mass is 305 g/mol. The summed E-state index contributed by atoms with van der Waals surface area (Å²) in [6, 6.07) is 11.4. The second-order valence-corrected chi connectivity index (χ2v) is 5.52. The highest BCUT2D eigenvalue weighted by Crippen LogP contribution is 2.25. The van der Waals surface area contributed by atoms with Crippen LogP contribution in [0.2, 0.25) is 5.15 Å². The topological polar surface area (TPSA) is 50.8 Å². The number of pyridine rings is 1. The lowest BCUT2D eigenvalue weighted by Crippen LogP contribution is -1.86. The van der Waals surface area contributed by atoms with Crippen LogP contribution in [0.1, 0.15) is 5.69 Å². The number of aromatic amines is 1. The molecule has 0 aliphatic carbocycles. The molecule has 2 heterocycles. The molecule has 2 aromatic heterocycles. The number of imidazole rings is 1. The van der Waals surface area contributed by atoms with E-state index in [1.807, 2.05) is 30.3 Å². The van der Waals surface area contributed by atoms with E-state index >= 15 is 0 Å². The third kappa shape index (κ3) is 2.89. The number of H-pyrrole nitrogens is 1. The number of thioether (sulfide) groups is 1. The Morgan fingerprint density at radius 3 is 2.95 bits per heavy atom. The van der Waals surface area contributed by atoms with Crippen molar-refractivity contribution >= 4 is 34.4 Å². The second kappa shape index (κ2) is 5.73. The number of fused-ring (bicyclic) bond motifs is 1. The van der Waals surface area contributed by atoms with E-state index < -0.39 is 0 Å². The number of nitrogens with one attached hydrogen (secondary N) is 1. The van der Waals surface area contributed by atoms with Crippen LogP contribution >= 0.6 is 23.4 Å². The number of halogens is 1.